The van der Waals surface area contributed by atoms with E-state index in [1.807, 2.05) is 16.5 Å². The standard InChI is InChI=1S/C21H31N5O3S/c1-23(2)30(28,29)17-6-7-19-18(14-17)22-20(24(19)3)8-9-21(27)26-12-10-25(11-13-26)15-16-4-5-16/h6-7,14,16H,4-5,8-13,15H2,1-3H3. The van der Waals surface area contributed by atoms with Crippen LogP contribution in [0.25, 0.3) is 11.0 Å². The first kappa shape index (κ1) is 21.3. The normalized spacial score (nSPS) is 18.5. The second-order valence-corrected chi connectivity index (χ2v) is 10.8. The first-order valence-electron chi connectivity index (χ1n) is 10.6. The van der Waals surface area contributed by atoms with Crippen LogP contribution in [0, 0.1) is 5.92 Å². The van der Waals surface area contributed by atoms with Gasteiger partial charge in [-0.2, -0.15) is 0 Å². The molecule has 1 aliphatic heterocycles. The molecule has 1 aliphatic carbocycles. The molecule has 30 heavy (non-hydrogen) atoms. The fourth-order valence-electron chi connectivity index (χ4n) is 4.05. The van der Waals surface area contributed by atoms with Crippen LogP contribution < -0.4 is 0 Å². The Balaban J connectivity index is 1.39. The summed E-state index contributed by atoms with van der Waals surface area (Å²) in [4.78, 5) is 22.0. The lowest BCUT2D eigenvalue weighted by atomic mass is 10.2. The van der Waals surface area contributed by atoms with E-state index in [0.29, 0.717) is 18.4 Å². The number of fused-ring (bicyclic) bond motifs is 1. The minimum atomic E-state index is -3.50. The number of hydrogen-bond donors (Lipinski definition) is 0. The SMILES string of the molecule is CN(C)S(=O)(=O)c1ccc2c(c1)nc(CCC(=O)N1CCN(CC3CC3)CC1)n2C. The summed E-state index contributed by atoms with van der Waals surface area (Å²) in [5.41, 5.74) is 1.50. The monoisotopic (exact) mass is 433 g/mol. The minimum Gasteiger partial charge on any atom is -0.340 e. The maximum Gasteiger partial charge on any atom is 0.242 e. The van der Waals surface area contributed by atoms with Gasteiger partial charge >= 0.3 is 0 Å². The van der Waals surface area contributed by atoms with Crippen molar-refractivity contribution >= 4 is 27.0 Å². The number of hydrogen-bond acceptors (Lipinski definition) is 5. The molecule has 0 N–H and O–H groups in total. The van der Waals surface area contributed by atoms with Crippen LogP contribution in [0.3, 0.4) is 0 Å². The first-order valence-corrected chi connectivity index (χ1v) is 12.1. The molecule has 9 heteroatoms. The van der Waals surface area contributed by atoms with E-state index in [0.717, 1.165) is 43.4 Å². The van der Waals surface area contributed by atoms with Crippen LogP contribution in [0.2, 0.25) is 0 Å². The van der Waals surface area contributed by atoms with Crippen molar-refractivity contribution in [1.82, 2.24) is 23.7 Å². The predicted molar refractivity (Wildman–Crippen MR) is 116 cm³/mol. The molecular formula is C21H31N5O3S. The van der Waals surface area contributed by atoms with Crippen molar-refractivity contribution in [1.29, 1.82) is 0 Å². The van der Waals surface area contributed by atoms with E-state index in [4.69, 9.17) is 0 Å². The van der Waals surface area contributed by atoms with Gasteiger partial charge in [0.25, 0.3) is 0 Å². The van der Waals surface area contributed by atoms with Crippen molar-refractivity contribution in [2.75, 3.05) is 46.8 Å². The van der Waals surface area contributed by atoms with Crippen LogP contribution in [0.1, 0.15) is 25.1 Å². The van der Waals surface area contributed by atoms with Crippen LogP contribution in [-0.4, -0.2) is 84.8 Å². The molecule has 1 aromatic carbocycles. The van der Waals surface area contributed by atoms with Crippen LogP contribution in [0.4, 0.5) is 0 Å². The number of aromatic nitrogens is 2. The zero-order chi connectivity index (χ0) is 21.5. The summed E-state index contributed by atoms with van der Waals surface area (Å²) in [6.07, 6.45) is 3.68. The quantitative estimate of drug-likeness (QED) is 0.658. The van der Waals surface area contributed by atoms with Gasteiger partial charge in [0, 0.05) is 66.7 Å². The zero-order valence-electron chi connectivity index (χ0n) is 18.0. The van der Waals surface area contributed by atoms with Gasteiger partial charge in [-0.05, 0) is 37.0 Å². The Morgan fingerprint density at radius 3 is 2.50 bits per heavy atom. The summed E-state index contributed by atoms with van der Waals surface area (Å²) in [6.45, 7) is 4.74. The highest BCUT2D eigenvalue weighted by molar-refractivity contribution is 7.89. The Kier molecular flexibility index (Phi) is 5.87. The average molecular weight is 434 g/mol. The molecule has 4 rings (SSSR count). The van der Waals surface area contributed by atoms with E-state index in [-0.39, 0.29) is 10.8 Å². The maximum absolute atomic E-state index is 12.7. The molecule has 0 bridgehead atoms. The van der Waals surface area contributed by atoms with Gasteiger partial charge in [-0.1, -0.05) is 0 Å². The highest BCUT2D eigenvalue weighted by Gasteiger charge is 2.27. The van der Waals surface area contributed by atoms with Crippen LogP contribution in [0.15, 0.2) is 23.1 Å². The fourth-order valence-corrected chi connectivity index (χ4v) is 4.97. The van der Waals surface area contributed by atoms with E-state index >= 15 is 0 Å². The van der Waals surface area contributed by atoms with Crippen LogP contribution in [-0.2, 0) is 28.3 Å². The molecule has 164 valence electrons. The minimum absolute atomic E-state index is 0.170. The van der Waals surface area contributed by atoms with Gasteiger partial charge in [0.05, 0.1) is 15.9 Å². The van der Waals surface area contributed by atoms with Gasteiger partial charge < -0.3 is 9.47 Å². The van der Waals surface area contributed by atoms with Crippen LogP contribution >= 0.6 is 0 Å². The number of sulfonamides is 1. The number of piperazine rings is 1. The zero-order valence-corrected chi connectivity index (χ0v) is 18.9. The summed E-state index contributed by atoms with van der Waals surface area (Å²) in [5, 5.41) is 0. The topological polar surface area (TPSA) is 78.8 Å². The lowest BCUT2D eigenvalue weighted by Crippen LogP contribution is -2.49. The molecule has 8 nitrogen and oxygen atoms in total. The third kappa shape index (κ3) is 4.38. The van der Waals surface area contributed by atoms with Gasteiger partial charge in [-0.3, -0.25) is 9.69 Å². The molecule has 2 heterocycles. The summed E-state index contributed by atoms with van der Waals surface area (Å²) in [6, 6.07) is 4.99. The first-order chi connectivity index (χ1) is 14.3. The maximum atomic E-state index is 12.7. The fraction of sp³-hybridized carbons (Fsp3) is 0.619. The molecule has 1 saturated carbocycles. The van der Waals surface area contributed by atoms with E-state index in [1.165, 1.54) is 37.8 Å². The third-order valence-corrected chi connectivity index (χ3v) is 8.04. The van der Waals surface area contributed by atoms with Crippen LogP contribution in [0.5, 0.6) is 0 Å². The molecular weight excluding hydrogens is 402 g/mol. The second kappa shape index (κ2) is 8.28. The van der Waals surface area contributed by atoms with Gasteiger partial charge in [-0.15, -0.1) is 0 Å². The van der Waals surface area contributed by atoms with Crippen molar-refractivity contribution in [2.24, 2.45) is 13.0 Å². The van der Waals surface area contributed by atoms with E-state index < -0.39 is 10.0 Å². The highest BCUT2D eigenvalue weighted by Crippen LogP contribution is 2.30. The Morgan fingerprint density at radius 2 is 1.87 bits per heavy atom. The average Bonchev–Trinajstić information content (AvgIpc) is 3.48. The summed E-state index contributed by atoms with van der Waals surface area (Å²) >= 11 is 0. The summed E-state index contributed by atoms with van der Waals surface area (Å²) < 4.78 is 27.9. The molecule has 2 aromatic rings. The van der Waals surface area contributed by atoms with Crippen molar-refractivity contribution in [3.8, 4) is 0 Å². The number of benzene rings is 1. The molecule has 0 radical (unpaired) electrons. The van der Waals surface area contributed by atoms with E-state index in [9.17, 15) is 13.2 Å². The van der Waals surface area contributed by atoms with Crippen molar-refractivity contribution in [3.05, 3.63) is 24.0 Å². The van der Waals surface area contributed by atoms with Crippen molar-refractivity contribution in [3.63, 3.8) is 0 Å². The van der Waals surface area contributed by atoms with Crippen molar-refractivity contribution in [2.45, 2.75) is 30.6 Å². The lowest BCUT2D eigenvalue weighted by molar-refractivity contribution is -0.132. The molecule has 1 amide bonds. The highest BCUT2D eigenvalue weighted by atomic mass is 32.2. The number of carbonyl (C=O) groups excluding carboxylic acids is 1. The van der Waals surface area contributed by atoms with E-state index in [2.05, 4.69) is 9.88 Å². The van der Waals surface area contributed by atoms with Gasteiger partial charge in [0.2, 0.25) is 15.9 Å². The van der Waals surface area contributed by atoms with Gasteiger partial charge in [-0.25, -0.2) is 17.7 Å². The Labute approximate surface area is 178 Å². The molecule has 0 spiro atoms. The molecule has 0 unspecified atom stereocenters. The van der Waals surface area contributed by atoms with Crippen molar-refractivity contribution < 1.29 is 13.2 Å². The predicted octanol–water partition coefficient (Wildman–Crippen LogP) is 1.31. The number of rotatable bonds is 7. The summed E-state index contributed by atoms with van der Waals surface area (Å²) in [7, 11) is 1.44. The van der Waals surface area contributed by atoms with Gasteiger partial charge in [0.15, 0.2) is 0 Å². The number of aryl methyl sites for hydroxylation is 2. The molecule has 2 fully saturated rings. The molecule has 1 aromatic heterocycles. The Bertz CT molecular complexity index is 1030. The third-order valence-electron chi connectivity index (χ3n) is 6.22. The summed E-state index contributed by atoms with van der Waals surface area (Å²) in [5.74, 6) is 1.85. The number of carbonyl (C=O) groups is 1. The largest absolute Gasteiger partial charge is 0.340 e. The van der Waals surface area contributed by atoms with E-state index in [1.54, 1.807) is 18.2 Å². The molecule has 0 atom stereocenters. The Morgan fingerprint density at radius 1 is 1.17 bits per heavy atom. The van der Waals surface area contributed by atoms with Gasteiger partial charge in [0.1, 0.15) is 5.82 Å². The second-order valence-electron chi connectivity index (χ2n) is 8.65. The smallest absolute Gasteiger partial charge is 0.242 e. The number of nitrogens with zero attached hydrogens (tertiary/aromatic N) is 5. The molecule has 2 aliphatic rings. The number of imidazole rings is 1. The lowest BCUT2D eigenvalue weighted by Gasteiger charge is -2.34. The Hall–Kier alpha value is -1.97. The number of amides is 1. The molecule has 1 saturated heterocycles.